The molecule has 11 heavy (non-hydrogen) atoms. The number of aliphatic carboxylic acids is 1. The van der Waals surface area contributed by atoms with Gasteiger partial charge in [0, 0.05) is 6.08 Å². The van der Waals surface area contributed by atoms with Crippen LogP contribution < -0.4 is 5.11 Å². The molecule has 0 aromatic rings. The number of esters is 1. The molecule has 0 aromatic heterocycles. The van der Waals surface area contributed by atoms with E-state index in [1.807, 2.05) is 0 Å². The first-order valence-electron chi connectivity index (χ1n) is 2.80. The van der Waals surface area contributed by atoms with Gasteiger partial charge < -0.3 is 14.6 Å². The number of allylic oxidation sites excluding steroid dienone is 2. The summed E-state index contributed by atoms with van der Waals surface area (Å²) < 4.78 is 4.23. The van der Waals surface area contributed by atoms with Gasteiger partial charge in [-0.05, 0) is 6.08 Å². The zero-order valence-corrected chi connectivity index (χ0v) is 5.94. The molecular formula is C7H7O4-. The fourth-order valence-corrected chi connectivity index (χ4v) is 0.336. The standard InChI is InChI=1S/C7H8O4/c1-11-7(10)5-3-2-4-6(8)9/h2-5H,1H3,(H,8,9)/p-1/b4-2-,5-3-. The van der Waals surface area contributed by atoms with Gasteiger partial charge in [0.05, 0.1) is 13.1 Å². The molecule has 0 saturated carbocycles. The molecule has 0 aromatic carbocycles. The lowest BCUT2D eigenvalue weighted by molar-refractivity contribution is -0.297. The van der Waals surface area contributed by atoms with Gasteiger partial charge in [0.1, 0.15) is 0 Å². The fourth-order valence-electron chi connectivity index (χ4n) is 0.336. The molecule has 0 aliphatic heterocycles. The van der Waals surface area contributed by atoms with E-state index in [-0.39, 0.29) is 0 Å². The second kappa shape index (κ2) is 5.22. The second-order valence-corrected chi connectivity index (χ2v) is 1.56. The summed E-state index contributed by atoms with van der Waals surface area (Å²) in [5, 5.41) is 9.77. The van der Waals surface area contributed by atoms with E-state index < -0.39 is 11.9 Å². The minimum absolute atomic E-state index is 0.534. The number of carbonyl (C=O) groups excluding carboxylic acids is 2. The Kier molecular flexibility index (Phi) is 4.47. The molecule has 0 bridgehead atoms. The van der Waals surface area contributed by atoms with E-state index in [9.17, 15) is 14.7 Å². The van der Waals surface area contributed by atoms with Crippen molar-refractivity contribution in [2.45, 2.75) is 0 Å². The summed E-state index contributed by atoms with van der Waals surface area (Å²) in [4.78, 5) is 20.1. The summed E-state index contributed by atoms with van der Waals surface area (Å²) in [7, 11) is 1.23. The molecule has 0 amide bonds. The summed E-state index contributed by atoms with van der Waals surface area (Å²) >= 11 is 0. The van der Waals surface area contributed by atoms with Gasteiger partial charge in [-0.3, -0.25) is 0 Å². The minimum atomic E-state index is -1.31. The molecule has 0 atom stereocenters. The highest BCUT2D eigenvalue weighted by Crippen LogP contribution is 1.79. The number of carboxylic acid groups (broad SMARTS) is 1. The van der Waals surface area contributed by atoms with Crippen molar-refractivity contribution in [1.29, 1.82) is 0 Å². The summed E-state index contributed by atoms with van der Waals surface area (Å²) in [6, 6.07) is 0. The third-order valence-electron chi connectivity index (χ3n) is 0.777. The van der Waals surface area contributed by atoms with Crippen molar-refractivity contribution in [3.8, 4) is 0 Å². The van der Waals surface area contributed by atoms with Crippen LogP contribution in [0.25, 0.3) is 0 Å². The number of rotatable bonds is 3. The average molecular weight is 155 g/mol. The normalized spacial score (nSPS) is 10.6. The quantitative estimate of drug-likeness (QED) is 0.298. The molecule has 0 aliphatic rings. The number of carboxylic acids is 1. The van der Waals surface area contributed by atoms with Crippen molar-refractivity contribution >= 4 is 11.9 Å². The maximum Gasteiger partial charge on any atom is 0.330 e. The molecule has 0 heterocycles. The molecule has 0 spiro atoms. The van der Waals surface area contributed by atoms with Crippen LogP contribution in [0.1, 0.15) is 0 Å². The zero-order valence-electron chi connectivity index (χ0n) is 5.94. The molecule has 0 saturated heterocycles. The molecule has 60 valence electrons. The molecular weight excluding hydrogens is 148 g/mol. The lowest BCUT2D eigenvalue weighted by Crippen LogP contribution is -2.18. The van der Waals surface area contributed by atoms with Crippen molar-refractivity contribution in [2.24, 2.45) is 0 Å². The summed E-state index contributed by atoms with van der Waals surface area (Å²) in [6.45, 7) is 0. The van der Waals surface area contributed by atoms with E-state index in [1.165, 1.54) is 19.3 Å². The van der Waals surface area contributed by atoms with Crippen molar-refractivity contribution in [2.75, 3.05) is 7.11 Å². The smallest absolute Gasteiger partial charge is 0.330 e. The van der Waals surface area contributed by atoms with Gasteiger partial charge >= 0.3 is 5.97 Å². The molecule has 0 aliphatic carbocycles. The third-order valence-corrected chi connectivity index (χ3v) is 0.777. The van der Waals surface area contributed by atoms with Crippen LogP contribution in [0, 0.1) is 0 Å². The number of carbonyl (C=O) groups is 2. The highest BCUT2D eigenvalue weighted by molar-refractivity contribution is 5.83. The van der Waals surface area contributed by atoms with E-state index in [0.717, 1.165) is 12.2 Å². The molecule has 0 unspecified atom stereocenters. The Bertz CT molecular complexity index is 202. The predicted octanol–water partition coefficient (Wildman–Crippen LogP) is -0.978. The first-order chi connectivity index (χ1) is 5.16. The first-order valence-corrected chi connectivity index (χ1v) is 2.80. The lowest BCUT2D eigenvalue weighted by Gasteiger charge is -1.87. The summed E-state index contributed by atoms with van der Waals surface area (Å²) in [5.41, 5.74) is 0. The van der Waals surface area contributed by atoms with Crippen LogP contribution in [-0.2, 0) is 14.3 Å². The highest BCUT2D eigenvalue weighted by atomic mass is 16.5. The van der Waals surface area contributed by atoms with Crippen molar-refractivity contribution < 1.29 is 19.4 Å². The van der Waals surface area contributed by atoms with Gasteiger partial charge in [-0.15, -0.1) is 0 Å². The van der Waals surface area contributed by atoms with Crippen molar-refractivity contribution in [1.82, 2.24) is 0 Å². The molecule has 0 rings (SSSR count). The predicted molar refractivity (Wildman–Crippen MR) is 35.3 cm³/mol. The summed E-state index contributed by atoms with van der Waals surface area (Å²) in [6.07, 6.45) is 4.33. The van der Waals surface area contributed by atoms with Crippen LogP contribution in [0.2, 0.25) is 0 Å². The Hall–Kier alpha value is -1.58. The maximum absolute atomic E-state index is 10.4. The Balaban J connectivity index is 3.77. The molecule has 0 radical (unpaired) electrons. The van der Waals surface area contributed by atoms with E-state index >= 15 is 0 Å². The van der Waals surface area contributed by atoms with Gasteiger partial charge in [0.15, 0.2) is 0 Å². The van der Waals surface area contributed by atoms with Crippen LogP contribution in [0.15, 0.2) is 24.3 Å². The molecule has 0 fully saturated rings. The SMILES string of the molecule is COC(=O)/C=C\C=C/C(=O)[O-]. The van der Waals surface area contributed by atoms with Gasteiger partial charge in [0.2, 0.25) is 0 Å². The van der Waals surface area contributed by atoms with Crippen LogP contribution in [0.3, 0.4) is 0 Å². The maximum atomic E-state index is 10.4. The van der Waals surface area contributed by atoms with Crippen LogP contribution in [-0.4, -0.2) is 19.0 Å². The topological polar surface area (TPSA) is 66.4 Å². The molecule has 4 heteroatoms. The lowest BCUT2D eigenvalue weighted by atomic mass is 10.4. The highest BCUT2D eigenvalue weighted by Gasteiger charge is 1.85. The van der Waals surface area contributed by atoms with E-state index in [1.54, 1.807) is 0 Å². The van der Waals surface area contributed by atoms with Gasteiger partial charge in [0.25, 0.3) is 0 Å². The number of hydrogen-bond acceptors (Lipinski definition) is 4. The van der Waals surface area contributed by atoms with Crippen LogP contribution in [0.4, 0.5) is 0 Å². The first kappa shape index (κ1) is 9.42. The number of methoxy groups -OCH3 is 1. The van der Waals surface area contributed by atoms with E-state index in [0.29, 0.717) is 0 Å². The summed E-state index contributed by atoms with van der Waals surface area (Å²) in [5.74, 6) is -1.84. The van der Waals surface area contributed by atoms with E-state index in [4.69, 9.17) is 0 Å². The molecule has 0 N–H and O–H groups in total. The second-order valence-electron chi connectivity index (χ2n) is 1.56. The Morgan fingerprint density at radius 1 is 1.27 bits per heavy atom. The average Bonchev–Trinajstić information content (AvgIpc) is 1.97. The molecule has 4 nitrogen and oxygen atoms in total. The van der Waals surface area contributed by atoms with Gasteiger partial charge in [-0.2, -0.15) is 0 Å². The fraction of sp³-hybridized carbons (Fsp3) is 0.143. The minimum Gasteiger partial charge on any atom is -0.545 e. The Morgan fingerprint density at radius 2 is 1.82 bits per heavy atom. The van der Waals surface area contributed by atoms with Crippen LogP contribution in [0.5, 0.6) is 0 Å². The largest absolute Gasteiger partial charge is 0.545 e. The third kappa shape index (κ3) is 6.30. The monoisotopic (exact) mass is 155 g/mol. The van der Waals surface area contributed by atoms with Crippen LogP contribution >= 0.6 is 0 Å². The number of hydrogen-bond donors (Lipinski definition) is 0. The zero-order chi connectivity index (χ0) is 8.69. The Morgan fingerprint density at radius 3 is 2.27 bits per heavy atom. The van der Waals surface area contributed by atoms with Gasteiger partial charge in [-0.1, -0.05) is 12.2 Å². The number of ether oxygens (including phenoxy) is 1. The van der Waals surface area contributed by atoms with Crippen molar-refractivity contribution in [3.63, 3.8) is 0 Å². The van der Waals surface area contributed by atoms with Gasteiger partial charge in [-0.25, -0.2) is 4.79 Å². The van der Waals surface area contributed by atoms with Crippen molar-refractivity contribution in [3.05, 3.63) is 24.3 Å². The van der Waals surface area contributed by atoms with E-state index in [2.05, 4.69) is 4.74 Å². The Labute approximate surface area is 63.8 Å².